The largest absolute Gasteiger partial charge is 0.354 e. The Kier molecular flexibility index (Phi) is 6.78. The van der Waals surface area contributed by atoms with Crippen LogP contribution in [0.3, 0.4) is 0 Å². The monoisotopic (exact) mass is 513 g/mol. The van der Waals surface area contributed by atoms with Gasteiger partial charge >= 0.3 is 0 Å². The first-order chi connectivity index (χ1) is 19.1. The van der Waals surface area contributed by atoms with Crippen LogP contribution in [0.5, 0.6) is 0 Å². The molecular formula is C32H31N7. The zero-order chi connectivity index (χ0) is 26.8. The number of rotatable bonds is 6. The van der Waals surface area contributed by atoms with Crippen LogP contribution in [0.15, 0.2) is 85.5 Å². The lowest BCUT2D eigenvalue weighted by atomic mass is 9.97. The fourth-order valence-corrected chi connectivity index (χ4v) is 5.23. The van der Waals surface area contributed by atoms with Crippen molar-refractivity contribution in [3.63, 3.8) is 0 Å². The third-order valence-electron chi connectivity index (χ3n) is 7.51. The third-order valence-corrected chi connectivity index (χ3v) is 7.51. The van der Waals surface area contributed by atoms with E-state index in [2.05, 4.69) is 88.3 Å². The number of fused-ring (bicyclic) bond motifs is 1. The normalized spacial score (nSPS) is 14.2. The first-order valence-electron chi connectivity index (χ1n) is 13.4. The molecule has 194 valence electrons. The number of nitriles is 1. The van der Waals surface area contributed by atoms with E-state index in [4.69, 9.17) is 4.98 Å². The van der Waals surface area contributed by atoms with Gasteiger partial charge in [0.25, 0.3) is 0 Å². The van der Waals surface area contributed by atoms with Crippen LogP contribution < -0.4 is 4.90 Å². The van der Waals surface area contributed by atoms with Crippen LogP contribution in [0.4, 0.5) is 5.82 Å². The summed E-state index contributed by atoms with van der Waals surface area (Å²) in [6.45, 7) is 9.06. The maximum atomic E-state index is 9.76. The molecule has 0 unspecified atom stereocenters. The summed E-state index contributed by atoms with van der Waals surface area (Å²) in [5.74, 6) is 1.46. The van der Waals surface area contributed by atoms with Crippen LogP contribution in [0.1, 0.15) is 36.6 Å². The predicted molar refractivity (Wildman–Crippen MR) is 154 cm³/mol. The van der Waals surface area contributed by atoms with Crippen molar-refractivity contribution in [3.8, 4) is 28.3 Å². The van der Waals surface area contributed by atoms with Crippen molar-refractivity contribution >= 4 is 11.3 Å². The van der Waals surface area contributed by atoms with Crippen molar-refractivity contribution in [2.75, 3.05) is 31.1 Å². The van der Waals surface area contributed by atoms with E-state index in [-0.39, 0.29) is 0 Å². The second kappa shape index (κ2) is 10.7. The van der Waals surface area contributed by atoms with Gasteiger partial charge in [0.15, 0.2) is 0 Å². The predicted octanol–water partition coefficient (Wildman–Crippen LogP) is 5.78. The number of hydrogen-bond acceptors (Lipinski definition) is 6. The minimum Gasteiger partial charge on any atom is -0.354 e. The summed E-state index contributed by atoms with van der Waals surface area (Å²) >= 11 is 0. The Morgan fingerprint density at radius 1 is 0.872 bits per heavy atom. The zero-order valence-electron chi connectivity index (χ0n) is 22.3. The molecule has 5 heterocycles. The van der Waals surface area contributed by atoms with E-state index >= 15 is 0 Å². The highest BCUT2D eigenvalue weighted by Gasteiger charge is 2.19. The Balaban J connectivity index is 1.25. The Hall–Kier alpha value is -4.54. The van der Waals surface area contributed by atoms with Gasteiger partial charge in [-0.2, -0.15) is 10.4 Å². The number of piperazine rings is 1. The Labute approximate surface area is 229 Å². The van der Waals surface area contributed by atoms with Crippen LogP contribution in [-0.4, -0.2) is 50.7 Å². The number of hydrogen-bond donors (Lipinski definition) is 0. The SMILES string of the molecule is CC(C)c1ccc(-c2cc(-c3ccc(N4CCN(Cc5ccccn5)CC4)nc3)c3c(C#N)cnn3c2)cc1. The van der Waals surface area contributed by atoms with Crippen LogP contribution in [0.2, 0.25) is 0 Å². The molecule has 0 amide bonds. The highest BCUT2D eigenvalue weighted by atomic mass is 15.3. The van der Waals surface area contributed by atoms with Gasteiger partial charge in [0.1, 0.15) is 11.9 Å². The molecular weight excluding hydrogens is 482 g/mol. The van der Waals surface area contributed by atoms with E-state index in [1.54, 1.807) is 6.20 Å². The Bertz CT molecular complexity index is 1610. The molecule has 0 bridgehead atoms. The highest BCUT2D eigenvalue weighted by Crippen LogP contribution is 2.33. The standard InChI is InChI=1S/C32H31N7/c1-23(2)24-6-8-25(9-7-24)27-17-30(32-28(18-33)20-36-39(32)21-27)26-10-11-31(35-19-26)38-15-13-37(14-16-38)22-29-5-3-4-12-34-29/h3-12,17,19-21,23H,13-16,22H2,1-2H3. The van der Waals surface area contributed by atoms with E-state index in [0.29, 0.717) is 11.5 Å². The van der Waals surface area contributed by atoms with Crippen molar-refractivity contribution in [2.24, 2.45) is 0 Å². The smallest absolute Gasteiger partial charge is 0.128 e. The first kappa shape index (κ1) is 24.8. The molecule has 0 radical (unpaired) electrons. The van der Waals surface area contributed by atoms with E-state index in [9.17, 15) is 5.26 Å². The first-order valence-corrected chi connectivity index (χ1v) is 13.4. The molecule has 7 nitrogen and oxygen atoms in total. The maximum Gasteiger partial charge on any atom is 0.128 e. The summed E-state index contributed by atoms with van der Waals surface area (Å²) in [6, 6.07) is 23.4. The molecule has 1 saturated heterocycles. The van der Waals surface area contributed by atoms with Crippen LogP contribution >= 0.6 is 0 Å². The summed E-state index contributed by atoms with van der Waals surface area (Å²) in [5.41, 5.74) is 7.86. The zero-order valence-corrected chi connectivity index (χ0v) is 22.3. The van der Waals surface area contributed by atoms with Crippen LogP contribution in [0.25, 0.3) is 27.8 Å². The number of aromatic nitrogens is 4. The number of nitrogens with zero attached hydrogens (tertiary/aromatic N) is 7. The second-order valence-electron chi connectivity index (χ2n) is 10.4. The minimum atomic E-state index is 0.481. The van der Waals surface area contributed by atoms with Crippen LogP contribution in [-0.2, 0) is 6.54 Å². The molecule has 39 heavy (non-hydrogen) atoms. The summed E-state index contributed by atoms with van der Waals surface area (Å²) in [4.78, 5) is 14.1. The summed E-state index contributed by atoms with van der Waals surface area (Å²) in [6.07, 6.45) is 7.41. The molecule has 0 N–H and O–H groups in total. The highest BCUT2D eigenvalue weighted by molar-refractivity contribution is 5.87. The summed E-state index contributed by atoms with van der Waals surface area (Å²) < 4.78 is 1.81. The molecule has 1 fully saturated rings. The Morgan fingerprint density at radius 2 is 1.67 bits per heavy atom. The number of benzene rings is 1. The number of anilines is 1. The Morgan fingerprint density at radius 3 is 2.33 bits per heavy atom. The van der Waals surface area contributed by atoms with Gasteiger partial charge in [0.2, 0.25) is 0 Å². The molecule has 6 rings (SSSR count). The summed E-state index contributed by atoms with van der Waals surface area (Å²) in [5, 5.41) is 14.3. The quantitative estimate of drug-likeness (QED) is 0.287. The number of pyridine rings is 3. The molecule has 7 heteroatoms. The molecule has 1 aliphatic rings. The third kappa shape index (κ3) is 5.12. The lowest BCUT2D eigenvalue weighted by Crippen LogP contribution is -2.46. The molecule has 1 aromatic carbocycles. The van der Waals surface area contributed by atoms with E-state index in [0.717, 1.165) is 72.0 Å². The van der Waals surface area contributed by atoms with Gasteiger partial charge in [0, 0.05) is 68.0 Å². The fourth-order valence-electron chi connectivity index (χ4n) is 5.23. The van der Waals surface area contributed by atoms with Crippen LogP contribution in [0, 0.1) is 11.3 Å². The lowest BCUT2D eigenvalue weighted by Gasteiger charge is -2.35. The van der Waals surface area contributed by atoms with E-state index in [1.165, 1.54) is 5.56 Å². The average Bonchev–Trinajstić information content (AvgIpc) is 3.41. The van der Waals surface area contributed by atoms with Crippen molar-refractivity contribution in [1.82, 2.24) is 24.5 Å². The maximum absolute atomic E-state index is 9.76. The van der Waals surface area contributed by atoms with Gasteiger partial charge in [-0.05, 0) is 47.4 Å². The second-order valence-corrected chi connectivity index (χ2v) is 10.4. The summed E-state index contributed by atoms with van der Waals surface area (Å²) in [7, 11) is 0. The molecule has 0 aliphatic carbocycles. The van der Waals surface area contributed by atoms with E-state index < -0.39 is 0 Å². The van der Waals surface area contributed by atoms with Crippen molar-refractivity contribution in [2.45, 2.75) is 26.3 Å². The molecule has 1 aliphatic heterocycles. The van der Waals surface area contributed by atoms with Gasteiger partial charge in [-0.3, -0.25) is 9.88 Å². The van der Waals surface area contributed by atoms with Crippen molar-refractivity contribution in [1.29, 1.82) is 5.26 Å². The topological polar surface area (TPSA) is 73.3 Å². The van der Waals surface area contributed by atoms with Gasteiger partial charge < -0.3 is 4.90 Å². The molecule has 0 spiro atoms. The van der Waals surface area contributed by atoms with Gasteiger partial charge in [0.05, 0.1) is 23.0 Å². The van der Waals surface area contributed by atoms with Crippen molar-refractivity contribution in [3.05, 3.63) is 102 Å². The lowest BCUT2D eigenvalue weighted by molar-refractivity contribution is 0.246. The molecule has 5 aromatic rings. The molecule has 4 aromatic heterocycles. The molecule has 0 saturated carbocycles. The fraction of sp³-hybridized carbons (Fsp3) is 0.250. The van der Waals surface area contributed by atoms with Crippen molar-refractivity contribution < 1.29 is 0 Å². The average molecular weight is 514 g/mol. The van der Waals surface area contributed by atoms with Gasteiger partial charge in [-0.15, -0.1) is 0 Å². The van der Waals surface area contributed by atoms with Gasteiger partial charge in [-0.25, -0.2) is 9.50 Å². The molecule has 0 atom stereocenters. The van der Waals surface area contributed by atoms with Gasteiger partial charge in [-0.1, -0.05) is 44.2 Å². The van der Waals surface area contributed by atoms with E-state index in [1.807, 2.05) is 35.2 Å². The minimum absolute atomic E-state index is 0.481.